The van der Waals surface area contributed by atoms with E-state index in [0.717, 1.165) is 33.2 Å². The Morgan fingerprint density at radius 2 is 1.16 bits per heavy atom. The second-order valence-corrected chi connectivity index (χ2v) is 11.7. The van der Waals surface area contributed by atoms with E-state index in [-0.39, 0.29) is 0 Å². The Morgan fingerprint density at radius 1 is 0.541 bits per heavy atom. The van der Waals surface area contributed by atoms with Gasteiger partial charge in [0.25, 0.3) is 0 Å². The number of aromatic nitrogens is 1. The highest BCUT2D eigenvalue weighted by molar-refractivity contribution is 7.92. The topological polar surface area (TPSA) is 39.1 Å². The lowest BCUT2D eigenvalue weighted by Gasteiger charge is -2.10. The van der Waals surface area contributed by atoms with Crippen LogP contribution in [0.3, 0.4) is 0 Å². The van der Waals surface area contributed by atoms with E-state index in [9.17, 15) is 8.42 Å². The van der Waals surface area contributed by atoms with Crippen LogP contribution in [0.5, 0.6) is 0 Å². The highest BCUT2D eigenvalue weighted by Gasteiger charge is 2.33. The van der Waals surface area contributed by atoms with Crippen LogP contribution in [-0.2, 0) is 16.9 Å². The molecule has 0 bridgehead atoms. The zero-order valence-electron chi connectivity index (χ0n) is 20.1. The van der Waals surface area contributed by atoms with Crippen LogP contribution >= 0.6 is 0 Å². The van der Waals surface area contributed by atoms with Gasteiger partial charge in [0, 0.05) is 39.8 Å². The minimum atomic E-state index is -3.55. The zero-order chi connectivity index (χ0) is 24.9. The molecular weight excluding hydrogens is 474 g/mol. The third kappa shape index (κ3) is 2.58. The van der Waals surface area contributed by atoms with Crippen molar-refractivity contribution in [1.29, 1.82) is 0 Å². The maximum atomic E-state index is 13.5. The van der Waals surface area contributed by atoms with Crippen molar-refractivity contribution in [2.45, 2.75) is 9.79 Å². The highest BCUT2D eigenvalue weighted by atomic mass is 32.2. The quantitative estimate of drug-likeness (QED) is 0.216. The summed E-state index contributed by atoms with van der Waals surface area (Å²) in [6, 6.07) is 36.7. The number of fused-ring (bicyclic) bond motifs is 11. The Kier molecular flexibility index (Phi) is 3.97. The van der Waals surface area contributed by atoms with Gasteiger partial charge in [-0.2, -0.15) is 0 Å². The van der Waals surface area contributed by atoms with Crippen molar-refractivity contribution < 1.29 is 8.42 Å². The molecule has 0 fully saturated rings. The van der Waals surface area contributed by atoms with Crippen molar-refractivity contribution in [1.82, 2.24) is 4.57 Å². The monoisotopic (exact) mass is 495 g/mol. The molecule has 0 spiro atoms. The number of benzene rings is 6. The van der Waals surface area contributed by atoms with Crippen LogP contribution in [0, 0.1) is 0 Å². The number of hydrogen-bond acceptors (Lipinski definition) is 2. The molecule has 0 saturated carbocycles. The summed E-state index contributed by atoms with van der Waals surface area (Å²) in [7, 11) is -1.43. The Hall–Kier alpha value is -4.41. The van der Waals surface area contributed by atoms with E-state index in [4.69, 9.17) is 0 Å². The van der Waals surface area contributed by atoms with E-state index in [1.165, 1.54) is 32.4 Å². The first-order chi connectivity index (χ1) is 18.1. The average molecular weight is 496 g/mol. The SMILES string of the molecule is Cn1c2cccc(-c3ccc4c(c3)S(=O)(=O)c3ccccc3-4)c2c2c3ccccc3c3ccccc3c21. The number of rotatable bonds is 1. The van der Waals surface area contributed by atoms with Crippen molar-refractivity contribution in [2.75, 3.05) is 0 Å². The van der Waals surface area contributed by atoms with Gasteiger partial charge in [-0.1, -0.05) is 91.0 Å². The summed E-state index contributed by atoms with van der Waals surface area (Å²) in [4.78, 5) is 0.779. The number of aryl methyl sites for hydroxylation is 1. The summed E-state index contributed by atoms with van der Waals surface area (Å²) in [6.07, 6.45) is 0. The van der Waals surface area contributed by atoms with Gasteiger partial charge in [-0.25, -0.2) is 8.42 Å². The molecule has 0 saturated heterocycles. The molecule has 0 atom stereocenters. The van der Waals surface area contributed by atoms with E-state index in [0.29, 0.717) is 9.79 Å². The van der Waals surface area contributed by atoms with E-state index in [1.54, 1.807) is 12.1 Å². The lowest BCUT2D eigenvalue weighted by molar-refractivity contribution is 0.598. The minimum Gasteiger partial charge on any atom is -0.343 e. The lowest BCUT2D eigenvalue weighted by Crippen LogP contribution is -1.96. The molecule has 0 unspecified atom stereocenters. The molecule has 0 N–H and O–H groups in total. The second kappa shape index (κ2) is 7.09. The summed E-state index contributed by atoms with van der Waals surface area (Å²) in [5.41, 5.74) is 5.83. The van der Waals surface area contributed by atoms with Gasteiger partial charge in [-0.05, 0) is 45.5 Å². The largest absolute Gasteiger partial charge is 0.343 e. The van der Waals surface area contributed by atoms with E-state index in [2.05, 4.69) is 84.4 Å². The third-order valence-electron chi connectivity index (χ3n) is 7.94. The van der Waals surface area contributed by atoms with E-state index in [1.807, 2.05) is 24.3 Å². The average Bonchev–Trinajstić information content (AvgIpc) is 3.37. The minimum absolute atomic E-state index is 0.388. The summed E-state index contributed by atoms with van der Waals surface area (Å²) in [5, 5.41) is 7.23. The van der Waals surface area contributed by atoms with Crippen molar-refractivity contribution in [3.63, 3.8) is 0 Å². The van der Waals surface area contributed by atoms with Crippen LogP contribution in [0.1, 0.15) is 0 Å². The maximum absolute atomic E-state index is 13.5. The van der Waals surface area contributed by atoms with Crippen LogP contribution in [0.4, 0.5) is 0 Å². The number of hydrogen-bond donors (Lipinski definition) is 0. The molecule has 8 rings (SSSR count). The fourth-order valence-electron chi connectivity index (χ4n) is 6.34. The van der Waals surface area contributed by atoms with E-state index < -0.39 is 9.84 Å². The molecule has 0 amide bonds. The summed E-state index contributed by atoms with van der Waals surface area (Å²) in [6.45, 7) is 0. The van der Waals surface area contributed by atoms with Gasteiger partial charge in [0.15, 0.2) is 0 Å². The van der Waals surface area contributed by atoms with Gasteiger partial charge in [-0.3, -0.25) is 0 Å². The lowest BCUT2D eigenvalue weighted by atomic mass is 9.93. The van der Waals surface area contributed by atoms with Crippen molar-refractivity contribution >= 4 is 53.2 Å². The second-order valence-electron chi connectivity index (χ2n) is 9.78. The van der Waals surface area contributed by atoms with Crippen LogP contribution in [0.25, 0.3) is 65.6 Å². The van der Waals surface area contributed by atoms with E-state index >= 15 is 0 Å². The Morgan fingerprint density at radius 3 is 1.97 bits per heavy atom. The molecule has 1 aliphatic rings. The molecule has 0 radical (unpaired) electrons. The molecule has 3 nitrogen and oxygen atoms in total. The molecule has 7 aromatic rings. The van der Waals surface area contributed by atoms with Crippen molar-refractivity contribution in [3.05, 3.63) is 109 Å². The van der Waals surface area contributed by atoms with Crippen molar-refractivity contribution in [2.24, 2.45) is 7.05 Å². The first-order valence-corrected chi connectivity index (χ1v) is 13.8. The van der Waals surface area contributed by atoms with Gasteiger partial charge >= 0.3 is 0 Å². The smallest absolute Gasteiger partial charge is 0.207 e. The Balaban J connectivity index is 1.52. The first kappa shape index (κ1) is 20.7. The zero-order valence-corrected chi connectivity index (χ0v) is 20.9. The molecule has 176 valence electrons. The Labute approximate surface area is 214 Å². The molecule has 6 aromatic carbocycles. The van der Waals surface area contributed by atoms with Gasteiger partial charge in [0.2, 0.25) is 9.84 Å². The molecule has 37 heavy (non-hydrogen) atoms. The van der Waals surface area contributed by atoms with Crippen molar-refractivity contribution in [3.8, 4) is 22.3 Å². The molecule has 1 aromatic heterocycles. The molecule has 0 aliphatic carbocycles. The predicted molar refractivity (Wildman–Crippen MR) is 152 cm³/mol. The fourth-order valence-corrected chi connectivity index (χ4v) is 8.06. The third-order valence-corrected chi connectivity index (χ3v) is 9.80. The fraction of sp³-hybridized carbons (Fsp3) is 0.0303. The van der Waals surface area contributed by atoms with Crippen LogP contribution in [0.15, 0.2) is 119 Å². The molecule has 2 heterocycles. The summed E-state index contributed by atoms with van der Waals surface area (Å²) < 4.78 is 29.2. The highest BCUT2D eigenvalue weighted by Crippen LogP contribution is 2.47. The number of sulfone groups is 1. The number of nitrogens with zero attached hydrogens (tertiary/aromatic N) is 1. The summed E-state index contributed by atoms with van der Waals surface area (Å²) >= 11 is 0. The predicted octanol–water partition coefficient (Wildman–Crippen LogP) is 8.12. The summed E-state index contributed by atoms with van der Waals surface area (Å²) in [5.74, 6) is 0. The van der Waals surface area contributed by atoms with Gasteiger partial charge < -0.3 is 4.57 Å². The first-order valence-electron chi connectivity index (χ1n) is 12.4. The molecular formula is C33H21NO2S. The molecule has 4 heteroatoms. The van der Waals surface area contributed by atoms with Gasteiger partial charge in [0.05, 0.1) is 15.3 Å². The van der Waals surface area contributed by atoms with Crippen LogP contribution in [-0.4, -0.2) is 13.0 Å². The maximum Gasteiger partial charge on any atom is 0.207 e. The van der Waals surface area contributed by atoms with Crippen LogP contribution < -0.4 is 0 Å². The standard InChI is InChI=1S/C33H21NO2S/c1-34-28-15-8-14-21(20-17-18-25-24-11-6-7-16-29(24)37(35,36)30(25)19-20)31(28)32-26-12-4-2-9-22(26)23-10-3-5-13-27(23)33(32)34/h2-19H,1H3. The van der Waals surface area contributed by atoms with Crippen LogP contribution in [0.2, 0.25) is 0 Å². The van der Waals surface area contributed by atoms with Gasteiger partial charge in [-0.15, -0.1) is 0 Å². The molecule has 1 aliphatic heterocycles. The Bertz CT molecular complexity index is 2220. The van der Waals surface area contributed by atoms with Gasteiger partial charge in [0.1, 0.15) is 0 Å². The normalized spacial score (nSPS) is 14.0.